The van der Waals surface area contributed by atoms with Crippen molar-refractivity contribution in [2.45, 2.75) is 18.9 Å². The summed E-state index contributed by atoms with van der Waals surface area (Å²) in [5, 5.41) is 10.7. The fraction of sp³-hybridized carbons (Fsp3) is 0.385. The van der Waals surface area contributed by atoms with Gasteiger partial charge in [-0.3, -0.25) is 4.98 Å². The molecule has 1 fully saturated rings. The van der Waals surface area contributed by atoms with Crippen molar-refractivity contribution in [2.75, 3.05) is 23.7 Å². The molecule has 3 rings (SSSR count). The summed E-state index contributed by atoms with van der Waals surface area (Å²) in [5.41, 5.74) is 7.97. The highest BCUT2D eigenvalue weighted by Crippen LogP contribution is 2.39. The third kappa shape index (κ3) is 2.41. The molecule has 0 radical (unpaired) electrons. The Morgan fingerprint density at radius 2 is 2.16 bits per heavy atom. The number of piperidine rings is 1. The van der Waals surface area contributed by atoms with E-state index in [1.165, 1.54) is 11.5 Å². The molecular formula is C13H16N4OS. The van der Waals surface area contributed by atoms with E-state index in [4.69, 9.17) is 5.73 Å². The summed E-state index contributed by atoms with van der Waals surface area (Å²) < 4.78 is 4.27. The quantitative estimate of drug-likeness (QED) is 0.874. The van der Waals surface area contributed by atoms with Gasteiger partial charge in [-0.2, -0.15) is 4.37 Å². The van der Waals surface area contributed by atoms with Crippen LogP contribution in [0.2, 0.25) is 0 Å². The molecule has 100 valence electrons. The van der Waals surface area contributed by atoms with Crippen molar-refractivity contribution < 1.29 is 5.11 Å². The van der Waals surface area contributed by atoms with Crippen molar-refractivity contribution in [1.29, 1.82) is 0 Å². The molecule has 3 N–H and O–H groups in total. The zero-order valence-corrected chi connectivity index (χ0v) is 11.3. The predicted octanol–water partition coefficient (Wildman–Crippen LogP) is 1.75. The SMILES string of the molecule is Nc1nsc(N2CCC(O)CC2)c1-c1cccnc1. The standard InChI is InChI=1S/C13H16N4OS/c14-12-11(9-2-1-5-15-8-9)13(19-16-12)17-6-3-10(18)4-7-17/h1-2,5,8,10,18H,3-4,6-7H2,(H2,14,16). The van der Waals surface area contributed by atoms with Gasteiger partial charge in [0.1, 0.15) is 10.8 Å². The summed E-state index contributed by atoms with van der Waals surface area (Å²) in [6, 6.07) is 3.89. The molecule has 5 nitrogen and oxygen atoms in total. The van der Waals surface area contributed by atoms with Crippen LogP contribution in [0, 0.1) is 0 Å². The first-order valence-corrected chi connectivity index (χ1v) is 7.11. The van der Waals surface area contributed by atoms with Crippen molar-refractivity contribution in [3.63, 3.8) is 0 Å². The lowest BCUT2D eigenvalue weighted by atomic mass is 10.1. The summed E-state index contributed by atoms with van der Waals surface area (Å²) in [7, 11) is 0. The first-order chi connectivity index (χ1) is 9.25. The molecule has 0 spiro atoms. The molecular weight excluding hydrogens is 260 g/mol. The maximum Gasteiger partial charge on any atom is 0.147 e. The molecule has 0 aliphatic carbocycles. The van der Waals surface area contributed by atoms with Gasteiger partial charge in [0.2, 0.25) is 0 Å². The van der Waals surface area contributed by atoms with Crippen LogP contribution in [0.25, 0.3) is 11.1 Å². The van der Waals surface area contributed by atoms with E-state index in [0.717, 1.165) is 42.1 Å². The minimum atomic E-state index is -0.177. The molecule has 2 aromatic rings. The van der Waals surface area contributed by atoms with Crippen LogP contribution in [-0.2, 0) is 0 Å². The van der Waals surface area contributed by atoms with Gasteiger partial charge in [-0.15, -0.1) is 0 Å². The Balaban J connectivity index is 1.95. The second kappa shape index (κ2) is 5.14. The number of aliphatic hydroxyl groups excluding tert-OH is 1. The van der Waals surface area contributed by atoms with E-state index in [2.05, 4.69) is 14.3 Å². The number of aromatic nitrogens is 2. The molecule has 2 aromatic heterocycles. The van der Waals surface area contributed by atoms with Gasteiger partial charge in [0.05, 0.1) is 11.7 Å². The first kappa shape index (κ1) is 12.4. The topological polar surface area (TPSA) is 75.3 Å². The van der Waals surface area contributed by atoms with E-state index >= 15 is 0 Å². The lowest BCUT2D eigenvalue weighted by Gasteiger charge is -2.30. The maximum atomic E-state index is 9.59. The Labute approximate surface area is 115 Å². The summed E-state index contributed by atoms with van der Waals surface area (Å²) in [6.07, 6.45) is 4.97. The number of pyridine rings is 1. The van der Waals surface area contributed by atoms with E-state index in [1.807, 2.05) is 18.3 Å². The summed E-state index contributed by atoms with van der Waals surface area (Å²) in [5.74, 6) is 0.555. The predicted molar refractivity (Wildman–Crippen MR) is 77.2 cm³/mol. The lowest BCUT2D eigenvalue weighted by Crippen LogP contribution is -2.35. The molecule has 0 amide bonds. The molecule has 0 unspecified atom stereocenters. The van der Waals surface area contributed by atoms with Gasteiger partial charge in [-0.1, -0.05) is 6.07 Å². The van der Waals surface area contributed by atoms with Crippen LogP contribution >= 0.6 is 11.5 Å². The Hall–Kier alpha value is -1.66. The molecule has 0 atom stereocenters. The molecule has 6 heteroatoms. The van der Waals surface area contributed by atoms with Crippen LogP contribution in [0.1, 0.15) is 12.8 Å². The van der Waals surface area contributed by atoms with Gasteiger partial charge in [0, 0.05) is 31.0 Å². The second-order valence-corrected chi connectivity index (χ2v) is 5.46. The average Bonchev–Trinajstić information content (AvgIpc) is 2.82. The van der Waals surface area contributed by atoms with Crippen LogP contribution < -0.4 is 10.6 Å². The van der Waals surface area contributed by atoms with Crippen molar-refractivity contribution in [2.24, 2.45) is 0 Å². The highest BCUT2D eigenvalue weighted by Gasteiger charge is 2.23. The summed E-state index contributed by atoms with van der Waals surface area (Å²) >= 11 is 1.42. The number of anilines is 2. The van der Waals surface area contributed by atoms with Gasteiger partial charge in [-0.25, -0.2) is 0 Å². The van der Waals surface area contributed by atoms with Crippen LogP contribution in [0.5, 0.6) is 0 Å². The molecule has 1 saturated heterocycles. The smallest absolute Gasteiger partial charge is 0.147 e. The van der Waals surface area contributed by atoms with Crippen LogP contribution in [0.15, 0.2) is 24.5 Å². The molecule has 0 aromatic carbocycles. The third-order valence-corrected chi connectivity index (χ3v) is 4.33. The van der Waals surface area contributed by atoms with Gasteiger partial charge in [-0.05, 0) is 30.4 Å². The minimum Gasteiger partial charge on any atom is -0.393 e. The highest BCUT2D eigenvalue weighted by atomic mass is 32.1. The zero-order chi connectivity index (χ0) is 13.2. The minimum absolute atomic E-state index is 0.177. The van der Waals surface area contributed by atoms with E-state index < -0.39 is 0 Å². The Kier molecular flexibility index (Phi) is 3.35. The van der Waals surface area contributed by atoms with Crippen molar-refractivity contribution in [3.05, 3.63) is 24.5 Å². The highest BCUT2D eigenvalue weighted by molar-refractivity contribution is 7.11. The van der Waals surface area contributed by atoms with Crippen molar-refractivity contribution >= 4 is 22.4 Å². The van der Waals surface area contributed by atoms with E-state index in [-0.39, 0.29) is 6.10 Å². The summed E-state index contributed by atoms with van der Waals surface area (Å²) in [6.45, 7) is 1.69. The first-order valence-electron chi connectivity index (χ1n) is 6.34. The molecule has 0 saturated carbocycles. The van der Waals surface area contributed by atoms with Crippen LogP contribution in [0.4, 0.5) is 10.8 Å². The van der Waals surface area contributed by atoms with E-state index in [1.54, 1.807) is 6.20 Å². The Morgan fingerprint density at radius 3 is 2.84 bits per heavy atom. The molecule has 0 bridgehead atoms. The lowest BCUT2D eigenvalue weighted by molar-refractivity contribution is 0.145. The fourth-order valence-electron chi connectivity index (χ4n) is 2.36. The number of hydrogen-bond donors (Lipinski definition) is 2. The molecule has 3 heterocycles. The van der Waals surface area contributed by atoms with E-state index in [9.17, 15) is 5.11 Å². The van der Waals surface area contributed by atoms with Gasteiger partial charge in [0.15, 0.2) is 0 Å². The van der Waals surface area contributed by atoms with Gasteiger partial charge >= 0.3 is 0 Å². The van der Waals surface area contributed by atoms with Crippen molar-refractivity contribution in [3.8, 4) is 11.1 Å². The molecule has 1 aliphatic heterocycles. The number of nitrogens with zero attached hydrogens (tertiary/aromatic N) is 3. The number of aliphatic hydroxyl groups is 1. The van der Waals surface area contributed by atoms with Crippen molar-refractivity contribution in [1.82, 2.24) is 9.36 Å². The number of nitrogen functional groups attached to an aromatic ring is 1. The van der Waals surface area contributed by atoms with Crippen LogP contribution in [-0.4, -0.2) is 33.7 Å². The van der Waals surface area contributed by atoms with Gasteiger partial charge in [0.25, 0.3) is 0 Å². The monoisotopic (exact) mass is 276 g/mol. The maximum absolute atomic E-state index is 9.59. The molecule has 19 heavy (non-hydrogen) atoms. The fourth-order valence-corrected chi connectivity index (χ4v) is 3.25. The van der Waals surface area contributed by atoms with Gasteiger partial charge < -0.3 is 15.7 Å². The zero-order valence-electron chi connectivity index (χ0n) is 10.5. The normalized spacial score (nSPS) is 16.8. The largest absolute Gasteiger partial charge is 0.393 e. The Bertz CT molecular complexity index is 549. The third-order valence-electron chi connectivity index (χ3n) is 3.40. The van der Waals surface area contributed by atoms with E-state index in [0.29, 0.717) is 5.82 Å². The summed E-state index contributed by atoms with van der Waals surface area (Å²) in [4.78, 5) is 6.40. The average molecular weight is 276 g/mol. The Morgan fingerprint density at radius 1 is 1.37 bits per heavy atom. The number of hydrogen-bond acceptors (Lipinski definition) is 6. The second-order valence-electron chi connectivity index (χ2n) is 4.71. The molecule has 1 aliphatic rings. The number of nitrogens with two attached hydrogens (primary N) is 1. The van der Waals surface area contributed by atoms with Crippen LogP contribution in [0.3, 0.4) is 0 Å². The number of rotatable bonds is 2.